The lowest BCUT2D eigenvalue weighted by Crippen LogP contribution is -2.14. The molecule has 0 bridgehead atoms. The van der Waals surface area contributed by atoms with Crippen LogP contribution < -0.4 is 4.72 Å². The maximum atomic E-state index is 13.2. The fourth-order valence-corrected chi connectivity index (χ4v) is 5.53. The summed E-state index contributed by atoms with van der Waals surface area (Å²) >= 11 is 6.16. The second kappa shape index (κ2) is 8.15. The van der Waals surface area contributed by atoms with Crippen molar-refractivity contribution in [1.29, 1.82) is 0 Å². The van der Waals surface area contributed by atoms with Gasteiger partial charge < -0.3 is 0 Å². The van der Waals surface area contributed by atoms with Crippen molar-refractivity contribution in [2.45, 2.75) is 51.9 Å². The Morgan fingerprint density at radius 1 is 0.970 bits per heavy atom. The molecule has 0 saturated carbocycles. The molecule has 2 aromatic heterocycles. The van der Waals surface area contributed by atoms with E-state index >= 15 is 0 Å². The van der Waals surface area contributed by atoms with Crippen LogP contribution in [0.1, 0.15) is 43.2 Å². The molecule has 1 N–H and O–H groups in total. The predicted molar refractivity (Wildman–Crippen MR) is 134 cm³/mol. The molecule has 6 nitrogen and oxygen atoms in total. The van der Waals surface area contributed by atoms with Gasteiger partial charge in [0.1, 0.15) is 4.90 Å². The molecular weight excluding hydrogens is 456 g/mol. The summed E-state index contributed by atoms with van der Waals surface area (Å²) in [5.74, 6) is 0.206. The molecule has 4 rings (SSSR count). The van der Waals surface area contributed by atoms with E-state index in [4.69, 9.17) is 21.7 Å². The number of fused-ring (bicyclic) bond motifs is 1. The molecule has 0 aliphatic heterocycles. The molecule has 0 spiro atoms. The number of hydrogen-bond acceptors (Lipinski definition) is 4. The summed E-state index contributed by atoms with van der Waals surface area (Å²) in [5.41, 5.74) is 5.38. The van der Waals surface area contributed by atoms with Crippen molar-refractivity contribution in [1.82, 2.24) is 14.8 Å². The van der Waals surface area contributed by atoms with Gasteiger partial charge in [-0.25, -0.2) is 18.1 Å². The standard InChI is InChI=1S/C25H27ClN4O2S/c1-15-13-16(2)22(17(3)14-15)30-24-18(11-12-21(27-24)25(4,5)6)23(28-30)29-33(31,32)20-10-8-7-9-19(20)26/h7-14H,1-6H3,(H,28,29). The Labute approximate surface area is 199 Å². The van der Waals surface area contributed by atoms with Crippen molar-refractivity contribution in [2.24, 2.45) is 0 Å². The Balaban J connectivity index is 1.97. The van der Waals surface area contributed by atoms with Gasteiger partial charge in [0.15, 0.2) is 11.5 Å². The number of nitrogens with zero attached hydrogens (tertiary/aromatic N) is 3. The SMILES string of the molecule is Cc1cc(C)c(-n2nc(NS(=O)(=O)c3ccccc3Cl)c3ccc(C(C)(C)C)nc32)c(C)c1. The number of aryl methyl sites for hydroxylation is 3. The van der Waals surface area contributed by atoms with Crippen LogP contribution in [0.15, 0.2) is 53.4 Å². The molecule has 0 radical (unpaired) electrons. The summed E-state index contributed by atoms with van der Waals surface area (Å²) in [6, 6.07) is 14.3. The largest absolute Gasteiger partial charge is 0.264 e. The fourth-order valence-electron chi connectivity index (χ4n) is 4.00. The second-order valence-corrected chi connectivity index (χ2v) is 11.4. The highest BCUT2D eigenvalue weighted by Crippen LogP contribution is 2.32. The summed E-state index contributed by atoms with van der Waals surface area (Å²) in [7, 11) is -3.96. The zero-order chi connectivity index (χ0) is 24.1. The first-order valence-corrected chi connectivity index (χ1v) is 12.5. The minimum atomic E-state index is -3.96. The summed E-state index contributed by atoms with van der Waals surface area (Å²) < 4.78 is 30.7. The van der Waals surface area contributed by atoms with Crippen molar-refractivity contribution in [2.75, 3.05) is 4.72 Å². The van der Waals surface area contributed by atoms with E-state index in [9.17, 15) is 8.42 Å². The first-order chi connectivity index (χ1) is 15.4. The molecule has 172 valence electrons. The highest BCUT2D eigenvalue weighted by Gasteiger charge is 2.25. The van der Waals surface area contributed by atoms with Crippen LogP contribution in [0, 0.1) is 20.8 Å². The predicted octanol–water partition coefficient (Wildman–Crippen LogP) is 6.10. The summed E-state index contributed by atoms with van der Waals surface area (Å²) in [4.78, 5) is 4.90. The van der Waals surface area contributed by atoms with Crippen LogP contribution in [0.25, 0.3) is 16.7 Å². The molecule has 2 heterocycles. The quantitative estimate of drug-likeness (QED) is 0.381. The van der Waals surface area contributed by atoms with Crippen molar-refractivity contribution >= 4 is 38.5 Å². The van der Waals surface area contributed by atoms with E-state index < -0.39 is 10.0 Å². The van der Waals surface area contributed by atoms with Crippen LogP contribution in [-0.2, 0) is 15.4 Å². The van der Waals surface area contributed by atoms with E-state index in [2.05, 4.69) is 37.6 Å². The number of rotatable bonds is 4. The van der Waals surface area contributed by atoms with Gasteiger partial charge in [-0.15, -0.1) is 5.10 Å². The summed E-state index contributed by atoms with van der Waals surface area (Å²) in [6.45, 7) is 12.3. The molecule has 0 fully saturated rings. The average molecular weight is 483 g/mol. The number of sulfonamides is 1. The molecule has 0 unspecified atom stereocenters. The van der Waals surface area contributed by atoms with Crippen molar-refractivity contribution in [3.8, 4) is 5.69 Å². The van der Waals surface area contributed by atoms with Crippen molar-refractivity contribution in [3.05, 3.63) is 75.9 Å². The molecule has 2 aromatic carbocycles. The van der Waals surface area contributed by atoms with Gasteiger partial charge in [-0.3, -0.25) is 4.72 Å². The van der Waals surface area contributed by atoms with Crippen LogP contribution in [0.4, 0.5) is 5.82 Å². The zero-order valence-corrected chi connectivity index (χ0v) is 21.1. The van der Waals surface area contributed by atoms with Crippen molar-refractivity contribution in [3.63, 3.8) is 0 Å². The van der Waals surface area contributed by atoms with E-state index in [1.54, 1.807) is 22.9 Å². The van der Waals surface area contributed by atoms with E-state index in [1.165, 1.54) is 6.07 Å². The van der Waals surface area contributed by atoms with Crippen LogP contribution in [-0.4, -0.2) is 23.2 Å². The molecule has 0 aliphatic carbocycles. The Kier molecular flexibility index (Phi) is 5.75. The fraction of sp³-hybridized carbons (Fsp3) is 0.280. The van der Waals surface area contributed by atoms with Gasteiger partial charge in [-0.2, -0.15) is 0 Å². The zero-order valence-electron chi connectivity index (χ0n) is 19.6. The lowest BCUT2D eigenvalue weighted by atomic mass is 9.91. The summed E-state index contributed by atoms with van der Waals surface area (Å²) in [6.07, 6.45) is 0. The van der Waals surface area contributed by atoms with Gasteiger partial charge in [0, 0.05) is 11.1 Å². The maximum Gasteiger partial charge on any atom is 0.264 e. The van der Waals surface area contributed by atoms with Gasteiger partial charge in [-0.1, -0.05) is 62.2 Å². The smallest absolute Gasteiger partial charge is 0.261 e. The topological polar surface area (TPSA) is 76.9 Å². The highest BCUT2D eigenvalue weighted by molar-refractivity contribution is 7.92. The highest BCUT2D eigenvalue weighted by atomic mass is 35.5. The number of pyridine rings is 1. The normalized spacial score (nSPS) is 12.3. The third kappa shape index (κ3) is 4.35. The molecule has 0 aliphatic rings. The van der Waals surface area contributed by atoms with Crippen LogP contribution in [0.2, 0.25) is 5.02 Å². The van der Waals surface area contributed by atoms with Crippen LogP contribution >= 0.6 is 11.6 Å². The Morgan fingerprint density at radius 3 is 2.21 bits per heavy atom. The molecule has 0 saturated heterocycles. The van der Waals surface area contributed by atoms with Gasteiger partial charge in [0.05, 0.1) is 16.1 Å². The maximum absolute atomic E-state index is 13.2. The molecule has 33 heavy (non-hydrogen) atoms. The third-order valence-corrected chi connectivity index (χ3v) is 7.34. The Morgan fingerprint density at radius 2 is 1.61 bits per heavy atom. The number of aromatic nitrogens is 3. The van der Waals surface area contributed by atoms with Gasteiger partial charge >= 0.3 is 0 Å². The first kappa shape index (κ1) is 23.3. The molecule has 0 amide bonds. The second-order valence-electron chi connectivity index (χ2n) is 9.36. The average Bonchev–Trinajstić information content (AvgIpc) is 3.03. The molecule has 8 heteroatoms. The number of anilines is 1. The number of nitrogens with one attached hydrogen (secondary N) is 1. The van der Waals surface area contributed by atoms with Gasteiger partial charge in [-0.05, 0) is 56.2 Å². The Hall–Kier alpha value is -2.90. The van der Waals surface area contributed by atoms with Gasteiger partial charge in [0.2, 0.25) is 0 Å². The monoisotopic (exact) mass is 482 g/mol. The van der Waals surface area contributed by atoms with Crippen LogP contribution in [0.3, 0.4) is 0 Å². The first-order valence-electron chi connectivity index (χ1n) is 10.6. The van der Waals surface area contributed by atoms with E-state index in [1.807, 2.05) is 32.9 Å². The molecule has 4 aromatic rings. The number of halogens is 1. The van der Waals surface area contributed by atoms with E-state index in [-0.39, 0.29) is 21.2 Å². The van der Waals surface area contributed by atoms with Crippen molar-refractivity contribution < 1.29 is 8.42 Å². The van der Waals surface area contributed by atoms with E-state index in [0.717, 1.165) is 28.1 Å². The lowest BCUT2D eigenvalue weighted by Gasteiger charge is -2.18. The van der Waals surface area contributed by atoms with Gasteiger partial charge in [0.25, 0.3) is 10.0 Å². The number of benzene rings is 2. The summed E-state index contributed by atoms with van der Waals surface area (Å²) in [5, 5.41) is 5.45. The lowest BCUT2D eigenvalue weighted by molar-refractivity contribution is 0.570. The molecular formula is C25H27ClN4O2S. The Bertz CT molecular complexity index is 1460. The molecule has 0 atom stereocenters. The number of hydrogen-bond donors (Lipinski definition) is 1. The third-order valence-electron chi connectivity index (χ3n) is 5.50. The minimum Gasteiger partial charge on any atom is -0.261 e. The van der Waals surface area contributed by atoms with E-state index in [0.29, 0.717) is 11.0 Å². The minimum absolute atomic E-state index is 0.00339. The van der Waals surface area contributed by atoms with Crippen LogP contribution in [0.5, 0.6) is 0 Å².